The molecule has 3 nitrogen and oxygen atoms in total. The average molecular weight is 245 g/mol. The molecule has 0 aliphatic carbocycles. The Hall–Kier alpha value is -0.120. The Bertz CT molecular complexity index is 225. The fourth-order valence-corrected chi connectivity index (χ4v) is 1.01. The Labute approximate surface area is 90.3 Å². The van der Waals surface area contributed by atoms with Gasteiger partial charge in [0.2, 0.25) is 16.8 Å². The van der Waals surface area contributed by atoms with Crippen molar-refractivity contribution in [3.63, 3.8) is 0 Å². The molecule has 0 fully saturated rings. The third-order valence-electron chi connectivity index (χ3n) is 1.25. The summed E-state index contributed by atoms with van der Waals surface area (Å²) in [6.07, 6.45) is 0.260. The van der Waals surface area contributed by atoms with E-state index in [1.807, 2.05) is 0 Å². The molecule has 0 heterocycles. The summed E-state index contributed by atoms with van der Waals surface area (Å²) in [6, 6.07) is 0. The minimum Gasteiger partial charge on any atom is -0.291 e. The number of alkyl halides is 2. The van der Waals surface area contributed by atoms with E-state index >= 15 is 0 Å². The van der Waals surface area contributed by atoms with E-state index in [0.29, 0.717) is 0 Å². The molecule has 0 aromatic rings. The lowest BCUT2D eigenvalue weighted by Crippen LogP contribution is -2.20. The standard InChI is InChI=1S/C7H7Cl3O3/c8-5(12)3-1-2-4(11)6(13)7(9)10/h7H,1-3H2. The van der Waals surface area contributed by atoms with E-state index in [0.717, 1.165) is 0 Å². The third-order valence-corrected chi connectivity index (χ3v) is 1.84. The Balaban J connectivity index is 3.75. The van der Waals surface area contributed by atoms with E-state index in [1.54, 1.807) is 0 Å². The number of rotatable bonds is 6. The molecule has 74 valence electrons. The molecule has 0 radical (unpaired) electrons. The van der Waals surface area contributed by atoms with Crippen LogP contribution in [0.4, 0.5) is 0 Å². The molecule has 0 aromatic carbocycles. The van der Waals surface area contributed by atoms with Crippen molar-refractivity contribution in [3.8, 4) is 0 Å². The minimum atomic E-state index is -1.32. The van der Waals surface area contributed by atoms with Gasteiger partial charge in [-0.2, -0.15) is 0 Å². The van der Waals surface area contributed by atoms with Gasteiger partial charge in [0.25, 0.3) is 0 Å². The van der Waals surface area contributed by atoms with E-state index in [-0.39, 0.29) is 19.3 Å². The van der Waals surface area contributed by atoms with Crippen LogP contribution in [0.15, 0.2) is 0 Å². The van der Waals surface area contributed by atoms with Crippen molar-refractivity contribution in [3.05, 3.63) is 0 Å². The van der Waals surface area contributed by atoms with Crippen LogP contribution in [0, 0.1) is 0 Å². The van der Waals surface area contributed by atoms with Crippen LogP contribution in [-0.4, -0.2) is 21.6 Å². The molecule has 0 bridgehead atoms. The zero-order valence-electron chi connectivity index (χ0n) is 6.56. The van der Waals surface area contributed by atoms with E-state index < -0.39 is 21.6 Å². The average Bonchev–Trinajstić information content (AvgIpc) is 2.02. The molecule has 0 rings (SSSR count). The van der Waals surface area contributed by atoms with Crippen LogP contribution in [0.5, 0.6) is 0 Å². The third kappa shape index (κ3) is 6.02. The van der Waals surface area contributed by atoms with E-state index in [4.69, 9.17) is 34.8 Å². The van der Waals surface area contributed by atoms with Gasteiger partial charge in [-0.25, -0.2) is 0 Å². The van der Waals surface area contributed by atoms with Crippen LogP contribution < -0.4 is 0 Å². The first kappa shape index (κ1) is 12.9. The van der Waals surface area contributed by atoms with Crippen molar-refractivity contribution in [1.82, 2.24) is 0 Å². The largest absolute Gasteiger partial charge is 0.291 e. The Morgan fingerprint density at radius 1 is 1.08 bits per heavy atom. The molecule has 0 unspecified atom stereocenters. The number of hydrogen-bond donors (Lipinski definition) is 0. The molecule has 0 aromatic heterocycles. The number of carbonyl (C=O) groups excluding carboxylic acids is 3. The first-order chi connectivity index (χ1) is 5.95. The normalized spacial score (nSPS) is 10.2. The zero-order valence-corrected chi connectivity index (χ0v) is 8.83. The molecule has 0 N–H and O–H groups in total. The highest BCUT2D eigenvalue weighted by atomic mass is 35.5. The monoisotopic (exact) mass is 244 g/mol. The lowest BCUT2D eigenvalue weighted by Gasteiger charge is -1.98. The second-order valence-electron chi connectivity index (χ2n) is 2.30. The van der Waals surface area contributed by atoms with Gasteiger partial charge in [-0.05, 0) is 18.0 Å². The van der Waals surface area contributed by atoms with Crippen LogP contribution in [-0.2, 0) is 14.4 Å². The maximum absolute atomic E-state index is 10.9. The highest BCUT2D eigenvalue weighted by Gasteiger charge is 2.20. The first-order valence-corrected chi connectivity index (χ1v) is 4.73. The highest BCUT2D eigenvalue weighted by molar-refractivity contribution is 6.64. The lowest BCUT2D eigenvalue weighted by atomic mass is 10.1. The number of hydrogen-bond acceptors (Lipinski definition) is 3. The quantitative estimate of drug-likeness (QED) is 0.408. The SMILES string of the molecule is O=C(Cl)CCCC(=O)C(=O)C(Cl)Cl. The Morgan fingerprint density at radius 3 is 2.00 bits per heavy atom. The number of Topliss-reactive ketones (excluding diaryl/α,β-unsaturated/α-hetero) is 2. The van der Waals surface area contributed by atoms with Crippen molar-refractivity contribution in [2.24, 2.45) is 0 Å². The summed E-state index contributed by atoms with van der Waals surface area (Å²) in [5, 5.41) is -0.534. The molecule has 0 saturated heterocycles. The summed E-state index contributed by atoms with van der Waals surface area (Å²) in [5.74, 6) is -1.52. The molecular formula is C7H7Cl3O3. The van der Waals surface area contributed by atoms with Crippen molar-refractivity contribution in [2.45, 2.75) is 24.1 Å². The number of halogens is 3. The topological polar surface area (TPSA) is 51.2 Å². The van der Waals surface area contributed by atoms with E-state index in [1.165, 1.54) is 0 Å². The zero-order chi connectivity index (χ0) is 10.4. The van der Waals surface area contributed by atoms with Crippen LogP contribution >= 0.6 is 34.8 Å². The van der Waals surface area contributed by atoms with Gasteiger partial charge in [0.1, 0.15) is 0 Å². The van der Waals surface area contributed by atoms with E-state index in [2.05, 4.69) is 0 Å². The molecular weight excluding hydrogens is 238 g/mol. The summed E-state index contributed by atoms with van der Waals surface area (Å²) in [5.41, 5.74) is 0. The van der Waals surface area contributed by atoms with Gasteiger partial charge in [-0.15, -0.1) is 0 Å². The van der Waals surface area contributed by atoms with Crippen LogP contribution in [0.1, 0.15) is 19.3 Å². The van der Waals surface area contributed by atoms with Gasteiger partial charge in [0.15, 0.2) is 4.84 Å². The molecule has 0 spiro atoms. The van der Waals surface area contributed by atoms with Gasteiger partial charge in [-0.3, -0.25) is 14.4 Å². The maximum Gasteiger partial charge on any atom is 0.231 e. The minimum absolute atomic E-state index is 0.0484. The fraction of sp³-hybridized carbons (Fsp3) is 0.571. The van der Waals surface area contributed by atoms with Crippen molar-refractivity contribution >= 4 is 51.6 Å². The maximum atomic E-state index is 10.9. The summed E-state index contributed by atoms with van der Waals surface area (Å²) in [6.45, 7) is 0. The summed E-state index contributed by atoms with van der Waals surface area (Å²) in [7, 11) is 0. The first-order valence-electron chi connectivity index (χ1n) is 3.48. The molecule has 0 amide bonds. The van der Waals surface area contributed by atoms with Gasteiger partial charge < -0.3 is 0 Å². The summed E-state index contributed by atoms with van der Waals surface area (Å²) < 4.78 is 0. The molecule has 0 atom stereocenters. The van der Waals surface area contributed by atoms with Crippen LogP contribution in [0.3, 0.4) is 0 Å². The fourth-order valence-electron chi connectivity index (χ4n) is 0.633. The van der Waals surface area contributed by atoms with Crippen molar-refractivity contribution < 1.29 is 14.4 Å². The molecule has 13 heavy (non-hydrogen) atoms. The second-order valence-corrected chi connectivity index (χ2v) is 3.81. The van der Waals surface area contributed by atoms with Crippen LogP contribution in [0.2, 0.25) is 0 Å². The molecule has 0 aliphatic heterocycles. The Morgan fingerprint density at radius 2 is 1.62 bits per heavy atom. The predicted molar refractivity (Wildman–Crippen MR) is 50.2 cm³/mol. The Kier molecular flexibility index (Phi) is 6.29. The van der Waals surface area contributed by atoms with Crippen molar-refractivity contribution in [2.75, 3.05) is 0 Å². The lowest BCUT2D eigenvalue weighted by molar-refractivity contribution is -0.135. The predicted octanol–water partition coefficient (Wildman–Crippen LogP) is 1.86. The molecule has 0 saturated carbocycles. The summed E-state index contributed by atoms with van der Waals surface area (Å²) in [4.78, 5) is 30.6. The van der Waals surface area contributed by atoms with Gasteiger partial charge in [-0.1, -0.05) is 23.2 Å². The molecule has 6 heteroatoms. The number of ketones is 2. The van der Waals surface area contributed by atoms with Gasteiger partial charge in [0.05, 0.1) is 0 Å². The number of carbonyl (C=O) groups is 3. The summed E-state index contributed by atoms with van der Waals surface area (Å²) >= 11 is 15.3. The van der Waals surface area contributed by atoms with Gasteiger partial charge in [0, 0.05) is 12.8 Å². The molecule has 0 aliphatic rings. The smallest absolute Gasteiger partial charge is 0.231 e. The highest BCUT2D eigenvalue weighted by Crippen LogP contribution is 2.07. The second kappa shape index (κ2) is 6.35. The van der Waals surface area contributed by atoms with E-state index in [9.17, 15) is 14.4 Å². The van der Waals surface area contributed by atoms with Crippen LogP contribution in [0.25, 0.3) is 0 Å². The van der Waals surface area contributed by atoms with Gasteiger partial charge >= 0.3 is 0 Å². The van der Waals surface area contributed by atoms with Crippen molar-refractivity contribution in [1.29, 1.82) is 0 Å².